The van der Waals surface area contributed by atoms with Crippen LogP contribution in [0.3, 0.4) is 0 Å². The van der Waals surface area contributed by atoms with Crippen molar-refractivity contribution in [2.24, 2.45) is 0 Å². The standard InChI is InChI=1S/C12H10N2O3S2/c1-8-3-2-4-10(15)12(8)14-19(16,17)11-6-5-9(7-13)18-11/h2-6,14-15H,1H3. The average molecular weight is 294 g/mol. The second-order valence-corrected chi connectivity index (χ2v) is 6.80. The summed E-state index contributed by atoms with van der Waals surface area (Å²) in [6, 6.07) is 9.40. The van der Waals surface area contributed by atoms with Crippen molar-refractivity contribution in [2.45, 2.75) is 11.1 Å². The smallest absolute Gasteiger partial charge is 0.271 e. The number of aromatic hydroxyl groups is 1. The molecule has 0 aliphatic heterocycles. The number of thiophene rings is 1. The fourth-order valence-corrected chi connectivity index (χ4v) is 3.74. The number of benzene rings is 1. The maximum Gasteiger partial charge on any atom is 0.271 e. The van der Waals surface area contributed by atoms with Crippen LogP contribution in [0, 0.1) is 18.3 Å². The molecular formula is C12H10N2O3S2. The molecule has 2 rings (SSSR count). The predicted octanol–water partition coefficient (Wildman–Crippen LogP) is 2.43. The molecule has 1 heterocycles. The molecule has 2 N–H and O–H groups in total. The van der Waals surface area contributed by atoms with E-state index in [9.17, 15) is 13.5 Å². The summed E-state index contributed by atoms with van der Waals surface area (Å²) >= 11 is 0.878. The Morgan fingerprint density at radius 1 is 1.32 bits per heavy atom. The zero-order valence-electron chi connectivity index (χ0n) is 9.91. The number of nitriles is 1. The minimum atomic E-state index is -3.79. The number of sulfonamides is 1. The third kappa shape index (κ3) is 2.70. The van der Waals surface area contributed by atoms with Gasteiger partial charge in [0.1, 0.15) is 20.9 Å². The summed E-state index contributed by atoms with van der Waals surface area (Å²) in [5, 5.41) is 18.4. The van der Waals surface area contributed by atoms with Gasteiger partial charge in [-0.1, -0.05) is 12.1 Å². The van der Waals surface area contributed by atoms with E-state index < -0.39 is 10.0 Å². The second kappa shape index (κ2) is 4.91. The van der Waals surface area contributed by atoms with E-state index in [-0.39, 0.29) is 15.6 Å². The molecule has 98 valence electrons. The lowest BCUT2D eigenvalue weighted by molar-refractivity contribution is 0.477. The van der Waals surface area contributed by atoms with E-state index in [0.29, 0.717) is 10.4 Å². The Bertz CT molecular complexity index is 737. The number of phenols is 1. The first-order chi connectivity index (χ1) is 8.94. The summed E-state index contributed by atoms with van der Waals surface area (Å²) in [6.07, 6.45) is 0. The second-order valence-electron chi connectivity index (χ2n) is 3.81. The van der Waals surface area contributed by atoms with E-state index in [0.717, 1.165) is 11.3 Å². The third-order valence-electron chi connectivity index (χ3n) is 2.44. The first kappa shape index (κ1) is 13.4. The summed E-state index contributed by atoms with van der Waals surface area (Å²) in [5.74, 6) is -0.138. The normalized spacial score (nSPS) is 10.9. The van der Waals surface area contributed by atoms with Crippen LogP contribution in [0.1, 0.15) is 10.4 Å². The van der Waals surface area contributed by atoms with E-state index in [1.807, 2.05) is 6.07 Å². The molecule has 19 heavy (non-hydrogen) atoms. The zero-order chi connectivity index (χ0) is 14.0. The molecule has 7 heteroatoms. The first-order valence-corrected chi connectivity index (χ1v) is 7.55. The third-order valence-corrected chi connectivity index (χ3v) is 5.28. The Kier molecular flexibility index (Phi) is 3.46. The number of nitrogens with zero attached hydrogens (tertiary/aromatic N) is 1. The van der Waals surface area contributed by atoms with Gasteiger partial charge in [-0.15, -0.1) is 11.3 Å². The van der Waals surface area contributed by atoms with Gasteiger partial charge in [-0.3, -0.25) is 4.72 Å². The van der Waals surface area contributed by atoms with Crippen molar-refractivity contribution in [1.29, 1.82) is 5.26 Å². The molecule has 1 aromatic carbocycles. The first-order valence-electron chi connectivity index (χ1n) is 5.25. The highest BCUT2D eigenvalue weighted by Gasteiger charge is 2.19. The average Bonchev–Trinajstić information content (AvgIpc) is 2.83. The predicted molar refractivity (Wildman–Crippen MR) is 72.7 cm³/mol. The minimum absolute atomic E-state index is 0.0340. The molecule has 0 spiro atoms. The monoisotopic (exact) mass is 294 g/mol. The summed E-state index contributed by atoms with van der Waals surface area (Å²) < 4.78 is 26.6. The Hall–Kier alpha value is -2.04. The molecule has 0 aliphatic rings. The van der Waals surface area contributed by atoms with Crippen LogP contribution in [-0.4, -0.2) is 13.5 Å². The van der Waals surface area contributed by atoms with Gasteiger partial charge in [-0.05, 0) is 30.7 Å². The Balaban J connectivity index is 2.40. The molecule has 0 fully saturated rings. The van der Waals surface area contributed by atoms with Crippen molar-refractivity contribution in [1.82, 2.24) is 0 Å². The maximum atomic E-state index is 12.1. The Labute approximate surface area is 114 Å². The fraction of sp³-hybridized carbons (Fsp3) is 0.0833. The summed E-state index contributed by atoms with van der Waals surface area (Å²) in [6.45, 7) is 1.69. The van der Waals surface area contributed by atoms with E-state index in [4.69, 9.17) is 5.26 Å². The lowest BCUT2D eigenvalue weighted by atomic mass is 10.2. The summed E-state index contributed by atoms with van der Waals surface area (Å²) in [4.78, 5) is 0.314. The van der Waals surface area contributed by atoms with Crippen LogP contribution in [0.5, 0.6) is 5.75 Å². The molecule has 5 nitrogen and oxygen atoms in total. The number of para-hydroxylation sites is 1. The highest BCUT2D eigenvalue weighted by atomic mass is 32.2. The number of anilines is 1. The molecule has 0 radical (unpaired) electrons. The zero-order valence-corrected chi connectivity index (χ0v) is 11.5. The summed E-state index contributed by atoms with van der Waals surface area (Å²) in [5.41, 5.74) is 0.759. The van der Waals surface area contributed by atoms with Gasteiger partial charge in [0.25, 0.3) is 10.0 Å². The lowest BCUT2D eigenvalue weighted by Gasteiger charge is -2.10. The van der Waals surface area contributed by atoms with Gasteiger partial charge < -0.3 is 5.11 Å². The van der Waals surface area contributed by atoms with Gasteiger partial charge in [0.15, 0.2) is 0 Å². The van der Waals surface area contributed by atoms with Crippen LogP contribution in [-0.2, 0) is 10.0 Å². The highest BCUT2D eigenvalue weighted by Crippen LogP contribution is 2.30. The fourth-order valence-electron chi connectivity index (χ4n) is 1.49. The van der Waals surface area contributed by atoms with Crippen molar-refractivity contribution < 1.29 is 13.5 Å². The topological polar surface area (TPSA) is 90.2 Å². The van der Waals surface area contributed by atoms with Crippen molar-refractivity contribution in [3.63, 3.8) is 0 Å². The SMILES string of the molecule is Cc1cccc(O)c1NS(=O)(=O)c1ccc(C#N)s1. The Morgan fingerprint density at radius 2 is 2.05 bits per heavy atom. The van der Waals surface area contributed by atoms with E-state index in [1.165, 1.54) is 18.2 Å². The van der Waals surface area contributed by atoms with Crippen molar-refractivity contribution in [2.75, 3.05) is 4.72 Å². The van der Waals surface area contributed by atoms with Crippen molar-refractivity contribution in [3.05, 3.63) is 40.8 Å². The van der Waals surface area contributed by atoms with Crippen molar-refractivity contribution in [3.8, 4) is 11.8 Å². The van der Waals surface area contributed by atoms with Crippen LogP contribution in [0.4, 0.5) is 5.69 Å². The summed E-state index contributed by atoms with van der Waals surface area (Å²) in [7, 11) is -3.79. The molecule has 2 aromatic rings. The molecule has 0 saturated carbocycles. The largest absolute Gasteiger partial charge is 0.506 e. The van der Waals surface area contributed by atoms with E-state index >= 15 is 0 Å². The number of hydrogen-bond donors (Lipinski definition) is 2. The van der Waals surface area contributed by atoms with Crippen LogP contribution in [0.25, 0.3) is 0 Å². The minimum Gasteiger partial charge on any atom is -0.506 e. The van der Waals surface area contributed by atoms with Crippen LogP contribution < -0.4 is 4.72 Å². The number of phenolic OH excluding ortho intramolecular Hbond substituents is 1. The van der Waals surface area contributed by atoms with Crippen LogP contribution >= 0.6 is 11.3 Å². The van der Waals surface area contributed by atoms with Gasteiger partial charge in [0.2, 0.25) is 0 Å². The quantitative estimate of drug-likeness (QED) is 0.851. The lowest BCUT2D eigenvalue weighted by Crippen LogP contribution is -2.12. The van der Waals surface area contributed by atoms with E-state index in [2.05, 4.69) is 4.72 Å². The molecule has 0 saturated heterocycles. The van der Waals surface area contributed by atoms with Crippen LogP contribution in [0.15, 0.2) is 34.5 Å². The van der Waals surface area contributed by atoms with Gasteiger partial charge in [-0.2, -0.15) is 5.26 Å². The molecule has 0 amide bonds. The number of aryl methyl sites for hydroxylation is 1. The van der Waals surface area contributed by atoms with Gasteiger partial charge >= 0.3 is 0 Å². The maximum absolute atomic E-state index is 12.1. The van der Waals surface area contributed by atoms with Crippen LogP contribution in [0.2, 0.25) is 0 Å². The van der Waals surface area contributed by atoms with Crippen molar-refractivity contribution >= 4 is 27.0 Å². The highest BCUT2D eigenvalue weighted by molar-refractivity contribution is 7.94. The molecule has 0 bridgehead atoms. The molecule has 1 aromatic heterocycles. The molecule has 0 aliphatic carbocycles. The van der Waals surface area contributed by atoms with Gasteiger partial charge in [-0.25, -0.2) is 8.42 Å². The number of rotatable bonds is 3. The molecular weight excluding hydrogens is 284 g/mol. The van der Waals surface area contributed by atoms with Gasteiger partial charge in [0.05, 0.1) is 5.69 Å². The van der Waals surface area contributed by atoms with Gasteiger partial charge in [0, 0.05) is 0 Å². The van der Waals surface area contributed by atoms with E-state index in [1.54, 1.807) is 19.1 Å². The molecule has 0 atom stereocenters. The number of nitrogens with one attached hydrogen (secondary N) is 1. The molecule has 0 unspecified atom stereocenters. The Morgan fingerprint density at radius 3 is 2.63 bits per heavy atom. The number of hydrogen-bond acceptors (Lipinski definition) is 5.